The fourth-order valence-corrected chi connectivity index (χ4v) is 2.81. The summed E-state index contributed by atoms with van der Waals surface area (Å²) in [5, 5.41) is 10.1. The zero-order chi connectivity index (χ0) is 13.8. The van der Waals surface area contributed by atoms with E-state index in [-0.39, 0.29) is 0 Å². The molecule has 0 fully saturated rings. The lowest BCUT2D eigenvalue weighted by atomic mass is 10.1. The quantitative estimate of drug-likeness (QED) is 0.911. The minimum absolute atomic E-state index is 0.373. The Balaban J connectivity index is 2.25. The molecule has 2 rings (SSSR count). The Hall–Kier alpha value is -1.75. The van der Waals surface area contributed by atoms with E-state index in [1.165, 1.54) is 11.3 Å². The average Bonchev–Trinajstić information content (AvgIpc) is 2.72. The van der Waals surface area contributed by atoms with Crippen molar-refractivity contribution in [3.63, 3.8) is 0 Å². The molecule has 0 unspecified atom stereocenters. The van der Waals surface area contributed by atoms with E-state index in [1.54, 1.807) is 12.4 Å². The Kier molecular flexibility index (Phi) is 4.27. The molecule has 2 aromatic heterocycles. The number of carboxylic acid groups (broad SMARTS) is 1. The highest BCUT2D eigenvalue weighted by Gasteiger charge is 2.18. The van der Waals surface area contributed by atoms with Crippen molar-refractivity contribution in [2.75, 3.05) is 0 Å². The predicted molar refractivity (Wildman–Crippen MR) is 74.7 cm³/mol. The molecule has 0 aliphatic carbocycles. The molecule has 0 radical (unpaired) electrons. The Labute approximate surface area is 116 Å². The van der Waals surface area contributed by atoms with E-state index in [0.29, 0.717) is 29.3 Å². The van der Waals surface area contributed by atoms with Gasteiger partial charge in [0, 0.05) is 18.8 Å². The number of hydrogen-bond donors (Lipinski definition) is 1. The van der Waals surface area contributed by atoms with Gasteiger partial charge < -0.3 is 5.11 Å². The molecule has 1 N–H and O–H groups in total. The lowest BCUT2D eigenvalue weighted by Gasteiger charge is -2.01. The van der Waals surface area contributed by atoms with E-state index in [1.807, 2.05) is 12.1 Å². The van der Waals surface area contributed by atoms with Crippen molar-refractivity contribution in [1.82, 2.24) is 9.97 Å². The summed E-state index contributed by atoms with van der Waals surface area (Å²) in [5.41, 5.74) is 1.80. The number of nitrogens with zero attached hydrogens (tertiary/aromatic N) is 2. The van der Waals surface area contributed by atoms with Crippen LogP contribution >= 0.6 is 11.3 Å². The highest BCUT2D eigenvalue weighted by Crippen LogP contribution is 2.23. The van der Waals surface area contributed by atoms with Crippen LogP contribution in [0.1, 0.15) is 39.8 Å². The maximum absolute atomic E-state index is 11.2. The summed E-state index contributed by atoms with van der Waals surface area (Å²) < 4.78 is 0. The van der Waals surface area contributed by atoms with Crippen molar-refractivity contribution in [2.45, 2.75) is 26.7 Å². The van der Waals surface area contributed by atoms with Crippen LogP contribution in [0, 0.1) is 5.92 Å². The van der Waals surface area contributed by atoms with Gasteiger partial charge in [-0.1, -0.05) is 13.8 Å². The SMILES string of the molecule is CC(C)Cc1nc(Cc2ccncc2)sc1C(=O)O. The molecule has 0 amide bonds. The third kappa shape index (κ3) is 3.61. The molecule has 0 spiro atoms. The number of carboxylic acids is 1. The molecular weight excluding hydrogens is 260 g/mol. The first-order valence-corrected chi connectivity index (χ1v) is 6.98. The second-order valence-corrected chi connectivity index (χ2v) is 5.90. The largest absolute Gasteiger partial charge is 0.477 e. The lowest BCUT2D eigenvalue weighted by molar-refractivity contribution is 0.0700. The number of rotatable bonds is 5. The highest BCUT2D eigenvalue weighted by atomic mass is 32.1. The Morgan fingerprint density at radius 3 is 2.63 bits per heavy atom. The molecule has 0 saturated heterocycles. The second-order valence-electron chi connectivity index (χ2n) is 4.82. The number of aromatic carboxylic acids is 1. The molecule has 0 saturated carbocycles. The fraction of sp³-hybridized carbons (Fsp3) is 0.357. The van der Waals surface area contributed by atoms with Gasteiger partial charge in [-0.3, -0.25) is 4.98 Å². The van der Waals surface area contributed by atoms with Crippen molar-refractivity contribution >= 4 is 17.3 Å². The third-order valence-corrected chi connectivity index (χ3v) is 3.73. The van der Waals surface area contributed by atoms with E-state index in [0.717, 1.165) is 10.6 Å². The van der Waals surface area contributed by atoms with Crippen molar-refractivity contribution in [2.24, 2.45) is 5.92 Å². The number of carbonyl (C=O) groups is 1. The van der Waals surface area contributed by atoms with Gasteiger partial charge in [-0.15, -0.1) is 11.3 Å². The summed E-state index contributed by atoms with van der Waals surface area (Å²) in [6.07, 6.45) is 4.83. The Morgan fingerprint density at radius 1 is 1.37 bits per heavy atom. The standard InChI is InChI=1S/C14H16N2O2S/c1-9(2)7-11-13(14(17)18)19-12(16-11)8-10-3-5-15-6-4-10/h3-6,9H,7-8H2,1-2H3,(H,17,18). The van der Waals surface area contributed by atoms with Gasteiger partial charge in [0.05, 0.1) is 10.7 Å². The van der Waals surface area contributed by atoms with Crippen LogP contribution in [0.3, 0.4) is 0 Å². The molecule has 2 aromatic rings. The van der Waals surface area contributed by atoms with Crippen LogP contribution in [-0.4, -0.2) is 21.0 Å². The Morgan fingerprint density at radius 2 is 2.05 bits per heavy atom. The van der Waals surface area contributed by atoms with Crippen LogP contribution in [0.2, 0.25) is 0 Å². The summed E-state index contributed by atoms with van der Waals surface area (Å²) in [6.45, 7) is 4.13. The van der Waals surface area contributed by atoms with Gasteiger partial charge in [0.2, 0.25) is 0 Å². The van der Waals surface area contributed by atoms with Gasteiger partial charge in [0.1, 0.15) is 4.88 Å². The first-order chi connectivity index (χ1) is 9.06. The normalized spacial score (nSPS) is 10.9. The van der Waals surface area contributed by atoms with Crippen molar-refractivity contribution < 1.29 is 9.90 Å². The smallest absolute Gasteiger partial charge is 0.347 e. The van der Waals surface area contributed by atoms with Crippen LogP contribution < -0.4 is 0 Å². The van der Waals surface area contributed by atoms with Crippen LogP contribution in [0.15, 0.2) is 24.5 Å². The zero-order valence-electron chi connectivity index (χ0n) is 11.0. The molecule has 5 heteroatoms. The fourth-order valence-electron chi connectivity index (χ4n) is 1.84. The average molecular weight is 276 g/mol. The van der Waals surface area contributed by atoms with Crippen LogP contribution in [0.5, 0.6) is 0 Å². The van der Waals surface area contributed by atoms with Crippen molar-refractivity contribution in [3.05, 3.63) is 45.7 Å². The minimum Gasteiger partial charge on any atom is -0.477 e. The first-order valence-electron chi connectivity index (χ1n) is 6.17. The third-order valence-electron chi connectivity index (χ3n) is 2.64. The lowest BCUT2D eigenvalue weighted by Crippen LogP contribution is -2.02. The summed E-state index contributed by atoms with van der Waals surface area (Å²) in [6, 6.07) is 3.84. The van der Waals surface area contributed by atoms with Gasteiger partial charge in [0.15, 0.2) is 0 Å². The van der Waals surface area contributed by atoms with Gasteiger partial charge >= 0.3 is 5.97 Å². The number of thiazole rings is 1. The summed E-state index contributed by atoms with van der Waals surface area (Å²) in [5.74, 6) is -0.483. The maximum Gasteiger partial charge on any atom is 0.347 e. The summed E-state index contributed by atoms with van der Waals surface area (Å²) in [4.78, 5) is 20.1. The number of hydrogen-bond acceptors (Lipinski definition) is 4. The molecule has 0 atom stereocenters. The van der Waals surface area contributed by atoms with Crippen LogP contribution in [0.25, 0.3) is 0 Å². The molecular formula is C14H16N2O2S. The number of pyridine rings is 1. The van der Waals surface area contributed by atoms with E-state index in [2.05, 4.69) is 23.8 Å². The highest BCUT2D eigenvalue weighted by molar-refractivity contribution is 7.13. The zero-order valence-corrected chi connectivity index (χ0v) is 11.8. The van der Waals surface area contributed by atoms with Gasteiger partial charge in [-0.25, -0.2) is 9.78 Å². The van der Waals surface area contributed by atoms with Gasteiger partial charge in [-0.2, -0.15) is 0 Å². The molecule has 0 aliphatic heterocycles. The first kappa shape index (κ1) is 13.7. The van der Waals surface area contributed by atoms with Crippen molar-refractivity contribution in [3.8, 4) is 0 Å². The van der Waals surface area contributed by atoms with Crippen molar-refractivity contribution in [1.29, 1.82) is 0 Å². The second kappa shape index (κ2) is 5.93. The predicted octanol–water partition coefficient (Wildman–Crippen LogP) is 3.03. The maximum atomic E-state index is 11.2. The molecule has 0 aromatic carbocycles. The van der Waals surface area contributed by atoms with E-state index in [9.17, 15) is 9.90 Å². The van der Waals surface area contributed by atoms with E-state index >= 15 is 0 Å². The molecule has 4 nitrogen and oxygen atoms in total. The summed E-state index contributed by atoms with van der Waals surface area (Å²) >= 11 is 1.27. The van der Waals surface area contributed by atoms with Gasteiger partial charge in [0.25, 0.3) is 0 Å². The molecule has 0 bridgehead atoms. The molecule has 2 heterocycles. The van der Waals surface area contributed by atoms with Crippen LogP contribution in [0.4, 0.5) is 0 Å². The molecule has 0 aliphatic rings. The molecule has 100 valence electrons. The monoisotopic (exact) mass is 276 g/mol. The topological polar surface area (TPSA) is 63.1 Å². The van der Waals surface area contributed by atoms with E-state index in [4.69, 9.17) is 0 Å². The number of aromatic nitrogens is 2. The summed E-state index contributed by atoms with van der Waals surface area (Å²) in [7, 11) is 0. The van der Waals surface area contributed by atoms with Crippen LogP contribution in [-0.2, 0) is 12.8 Å². The van der Waals surface area contributed by atoms with E-state index < -0.39 is 5.97 Å². The minimum atomic E-state index is -0.880. The molecule has 19 heavy (non-hydrogen) atoms. The Bertz CT molecular complexity index is 564. The van der Waals surface area contributed by atoms with Gasteiger partial charge in [-0.05, 0) is 30.0 Å².